The highest BCUT2D eigenvalue weighted by molar-refractivity contribution is 5.52. The Hall–Kier alpha value is -1.23. The predicted octanol–water partition coefficient (Wildman–Crippen LogP) is 1.09. The molecule has 2 rings (SSSR count). The van der Waals surface area contributed by atoms with Crippen LogP contribution < -0.4 is 0 Å². The van der Waals surface area contributed by atoms with E-state index in [1.165, 1.54) is 0 Å². The van der Waals surface area contributed by atoms with Gasteiger partial charge in [0.05, 0.1) is 19.8 Å². The van der Waals surface area contributed by atoms with Gasteiger partial charge in [0.15, 0.2) is 5.79 Å². The molecule has 0 spiro atoms. The van der Waals surface area contributed by atoms with Gasteiger partial charge in [-0.3, -0.25) is 0 Å². The number of carbonyl (C=O) groups excluding carboxylic acids is 1. The molecule has 1 aliphatic rings. The quantitative estimate of drug-likeness (QED) is 0.778. The van der Waals surface area contributed by atoms with Crippen LogP contribution in [0.25, 0.3) is 0 Å². The Balaban J connectivity index is 2.30. The first-order valence-electron chi connectivity index (χ1n) is 5.70. The van der Waals surface area contributed by atoms with Crippen molar-refractivity contribution in [2.24, 2.45) is 0 Å². The third-order valence-electron chi connectivity index (χ3n) is 3.06. The summed E-state index contributed by atoms with van der Waals surface area (Å²) in [6.07, 6.45) is 1.10. The van der Waals surface area contributed by atoms with Crippen LogP contribution >= 0.6 is 0 Å². The molecule has 1 saturated heterocycles. The highest BCUT2D eigenvalue weighted by Crippen LogP contribution is 2.37. The van der Waals surface area contributed by atoms with E-state index in [0.717, 1.165) is 11.8 Å². The van der Waals surface area contributed by atoms with Crippen LogP contribution in [0.5, 0.6) is 0 Å². The highest BCUT2D eigenvalue weighted by atomic mass is 16.7. The van der Waals surface area contributed by atoms with Crippen LogP contribution in [-0.4, -0.2) is 37.0 Å². The fraction of sp³-hybridized carbons (Fsp3) is 0.462. The van der Waals surface area contributed by atoms with Gasteiger partial charge in [-0.1, -0.05) is 30.3 Å². The van der Waals surface area contributed by atoms with Crippen molar-refractivity contribution >= 4 is 6.29 Å². The van der Waals surface area contributed by atoms with Gasteiger partial charge in [0.1, 0.15) is 6.29 Å². The average molecular weight is 236 g/mol. The second-order valence-electron chi connectivity index (χ2n) is 4.03. The topological polar surface area (TPSA) is 55.8 Å². The van der Waals surface area contributed by atoms with E-state index in [2.05, 4.69) is 0 Å². The molecule has 4 heteroatoms. The fourth-order valence-corrected chi connectivity index (χ4v) is 2.22. The summed E-state index contributed by atoms with van der Waals surface area (Å²) in [4.78, 5) is 10.8. The molecule has 0 amide bonds. The summed E-state index contributed by atoms with van der Waals surface area (Å²) in [6, 6.07) is 9.52. The van der Waals surface area contributed by atoms with Gasteiger partial charge in [0, 0.05) is 12.3 Å². The van der Waals surface area contributed by atoms with Crippen LogP contribution in [-0.2, 0) is 14.3 Å². The van der Waals surface area contributed by atoms with Crippen LogP contribution in [0.4, 0.5) is 0 Å². The standard InChI is InChI=1S/C13H16O4/c14-7-6-12(11-4-2-1-3-5-11)13(10-15)16-8-9-17-13/h1-5,7,12,15H,6,8-10H2. The molecule has 0 saturated carbocycles. The van der Waals surface area contributed by atoms with Crippen LogP contribution in [0.1, 0.15) is 17.9 Å². The van der Waals surface area contributed by atoms with E-state index in [1.807, 2.05) is 30.3 Å². The van der Waals surface area contributed by atoms with Gasteiger partial charge >= 0.3 is 0 Å². The minimum Gasteiger partial charge on any atom is -0.391 e. The van der Waals surface area contributed by atoms with Crippen molar-refractivity contribution in [3.8, 4) is 0 Å². The Labute approximate surface area is 100 Å². The van der Waals surface area contributed by atoms with Gasteiger partial charge in [0.25, 0.3) is 0 Å². The molecular weight excluding hydrogens is 220 g/mol. The van der Waals surface area contributed by atoms with E-state index in [9.17, 15) is 9.90 Å². The first-order chi connectivity index (χ1) is 8.32. The third kappa shape index (κ3) is 2.39. The average Bonchev–Trinajstić information content (AvgIpc) is 2.87. The van der Waals surface area contributed by atoms with Crippen molar-refractivity contribution in [1.82, 2.24) is 0 Å². The lowest BCUT2D eigenvalue weighted by Crippen LogP contribution is -2.41. The monoisotopic (exact) mass is 236 g/mol. The lowest BCUT2D eigenvalue weighted by molar-refractivity contribution is -0.199. The van der Waals surface area contributed by atoms with Gasteiger partial charge < -0.3 is 19.4 Å². The Morgan fingerprint density at radius 1 is 1.29 bits per heavy atom. The number of benzene rings is 1. The van der Waals surface area contributed by atoms with Gasteiger partial charge in [-0.25, -0.2) is 0 Å². The number of hydrogen-bond donors (Lipinski definition) is 1. The molecule has 17 heavy (non-hydrogen) atoms. The Kier molecular flexibility index (Phi) is 3.89. The molecule has 1 unspecified atom stereocenters. The first-order valence-corrected chi connectivity index (χ1v) is 5.70. The Bertz CT molecular complexity index is 357. The van der Waals surface area contributed by atoms with Crippen molar-refractivity contribution in [3.63, 3.8) is 0 Å². The zero-order valence-corrected chi connectivity index (χ0v) is 9.54. The number of carbonyl (C=O) groups is 1. The molecule has 1 heterocycles. The summed E-state index contributed by atoms with van der Waals surface area (Å²) in [6.45, 7) is 0.645. The minimum absolute atomic E-state index is 0.250. The maximum atomic E-state index is 10.8. The van der Waals surface area contributed by atoms with Crippen LogP contribution in [0, 0.1) is 0 Å². The molecule has 1 aromatic rings. The molecule has 92 valence electrons. The van der Waals surface area contributed by atoms with Crippen molar-refractivity contribution in [1.29, 1.82) is 0 Å². The van der Waals surface area contributed by atoms with E-state index >= 15 is 0 Å². The maximum absolute atomic E-state index is 10.8. The van der Waals surface area contributed by atoms with Crippen LogP contribution in [0.3, 0.4) is 0 Å². The summed E-state index contributed by atoms with van der Waals surface area (Å²) >= 11 is 0. The predicted molar refractivity (Wildman–Crippen MR) is 61.6 cm³/mol. The molecule has 1 fully saturated rings. The molecule has 0 radical (unpaired) electrons. The summed E-state index contributed by atoms with van der Waals surface area (Å²) in [5.41, 5.74) is 0.940. The summed E-state index contributed by atoms with van der Waals surface area (Å²) in [7, 11) is 0. The normalized spacial score (nSPS) is 20.1. The molecule has 1 aromatic carbocycles. The lowest BCUT2D eigenvalue weighted by atomic mass is 9.88. The lowest BCUT2D eigenvalue weighted by Gasteiger charge is -2.33. The zero-order chi connectivity index (χ0) is 12.1. The van der Waals surface area contributed by atoms with Crippen LogP contribution in [0.2, 0.25) is 0 Å². The summed E-state index contributed by atoms with van der Waals surface area (Å²) in [5, 5.41) is 9.51. The number of rotatable bonds is 5. The van der Waals surface area contributed by atoms with Crippen LogP contribution in [0.15, 0.2) is 30.3 Å². The van der Waals surface area contributed by atoms with Crippen molar-refractivity contribution in [2.75, 3.05) is 19.8 Å². The second kappa shape index (κ2) is 5.40. The zero-order valence-electron chi connectivity index (χ0n) is 9.54. The van der Waals surface area contributed by atoms with E-state index in [-0.39, 0.29) is 18.9 Å². The molecule has 4 nitrogen and oxygen atoms in total. The summed E-state index contributed by atoms with van der Waals surface area (Å²) < 4.78 is 11.1. The Morgan fingerprint density at radius 2 is 1.94 bits per heavy atom. The van der Waals surface area contributed by atoms with E-state index in [1.54, 1.807) is 0 Å². The third-order valence-corrected chi connectivity index (χ3v) is 3.06. The molecular formula is C13H16O4. The number of aliphatic hydroxyl groups is 1. The number of aliphatic hydroxyl groups excluding tert-OH is 1. The second-order valence-corrected chi connectivity index (χ2v) is 4.03. The molecule has 1 aliphatic heterocycles. The molecule has 0 aliphatic carbocycles. The van der Waals surface area contributed by atoms with Gasteiger partial charge in [-0.05, 0) is 5.56 Å². The van der Waals surface area contributed by atoms with E-state index < -0.39 is 5.79 Å². The number of ether oxygens (including phenoxy) is 2. The highest BCUT2D eigenvalue weighted by Gasteiger charge is 2.44. The van der Waals surface area contributed by atoms with E-state index in [4.69, 9.17) is 9.47 Å². The van der Waals surface area contributed by atoms with Gasteiger partial charge in [-0.2, -0.15) is 0 Å². The Morgan fingerprint density at radius 3 is 2.47 bits per heavy atom. The smallest absolute Gasteiger partial charge is 0.199 e. The number of aldehydes is 1. The fourth-order valence-electron chi connectivity index (χ4n) is 2.22. The largest absolute Gasteiger partial charge is 0.391 e. The van der Waals surface area contributed by atoms with Crippen molar-refractivity contribution in [2.45, 2.75) is 18.1 Å². The maximum Gasteiger partial charge on any atom is 0.199 e. The molecule has 0 aromatic heterocycles. The molecule has 0 bridgehead atoms. The van der Waals surface area contributed by atoms with Crippen molar-refractivity contribution in [3.05, 3.63) is 35.9 Å². The van der Waals surface area contributed by atoms with Gasteiger partial charge in [0.2, 0.25) is 0 Å². The minimum atomic E-state index is -1.07. The number of hydrogen-bond acceptors (Lipinski definition) is 4. The molecule has 1 N–H and O–H groups in total. The SMILES string of the molecule is O=CCC(c1ccccc1)C1(CO)OCCO1. The first kappa shape index (κ1) is 12.2. The van der Waals surface area contributed by atoms with Crippen molar-refractivity contribution < 1.29 is 19.4 Å². The summed E-state index contributed by atoms with van der Waals surface area (Å²) in [5.74, 6) is -1.34. The van der Waals surface area contributed by atoms with Gasteiger partial charge in [-0.15, -0.1) is 0 Å². The van der Waals surface area contributed by atoms with E-state index in [0.29, 0.717) is 13.2 Å². The molecule has 1 atom stereocenters.